The van der Waals surface area contributed by atoms with Crippen molar-refractivity contribution in [2.75, 3.05) is 13.2 Å². The number of carbonyl (C=O) groups is 1. The molecule has 2 unspecified atom stereocenters. The average Bonchev–Trinajstić information content (AvgIpc) is 3.08. The predicted octanol–water partition coefficient (Wildman–Crippen LogP) is 2.37. The van der Waals surface area contributed by atoms with Crippen molar-refractivity contribution >= 4 is 16.7 Å². The lowest BCUT2D eigenvalue weighted by Crippen LogP contribution is -2.44. The third kappa shape index (κ3) is 4.04. The smallest absolute Gasteiger partial charge is 0.238 e. The maximum Gasteiger partial charge on any atom is 0.238 e. The van der Waals surface area contributed by atoms with E-state index in [1.54, 1.807) is 0 Å². The Labute approximate surface area is 142 Å². The summed E-state index contributed by atoms with van der Waals surface area (Å²) in [5.41, 5.74) is 6.25. The van der Waals surface area contributed by atoms with Gasteiger partial charge in [-0.1, -0.05) is 49.7 Å². The number of rotatable bonds is 7. The van der Waals surface area contributed by atoms with Crippen molar-refractivity contribution in [2.24, 2.45) is 0 Å². The Morgan fingerprint density at radius 3 is 2.92 bits per heavy atom. The fraction of sp³-hybridized carbons (Fsp3) is 0.421. The Bertz CT molecular complexity index is 684. The van der Waals surface area contributed by atoms with Crippen LogP contribution in [0.15, 0.2) is 42.5 Å². The van der Waals surface area contributed by atoms with Gasteiger partial charge in [-0.05, 0) is 24.3 Å². The van der Waals surface area contributed by atoms with Crippen LogP contribution in [0.5, 0.6) is 5.75 Å². The summed E-state index contributed by atoms with van der Waals surface area (Å²) in [5.74, 6) is 0.883. The molecule has 0 aromatic heterocycles. The first-order valence-electron chi connectivity index (χ1n) is 8.67. The van der Waals surface area contributed by atoms with E-state index in [0.29, 0.717) is 19.2 Å². The van der Waals surface area contributed by atoms with E-state index in [9.17, 15) is 4.79 Å². The van der Waals surface area contributed by atoms with E-state index in [0.717, 1.165) is 35.8 Å². The molecule has 0 spiro atoms. The summed E-state index contributed by atoms with van der Waals surface area (Å²) in [5, 5.41) is 5.19. The summed E-state index contributed by atoms with van der Waals surface area (Å²) in [6, 6.07) is 14.4. The van der Waals surface area contributed by atoms with E-state index in [-0.39, 0.29) is 11.9 Å². The molecule has 5 nitrogen and oxygen atoms in total. The molecule has 1 aliphatic heterocycles. The number of amides is 1. The van der Waals surface area contributed by atoms with Crippen molar-refractivity contribution in [3.63, 3.8) is 0 Å². The van der Waals surface area contributed by atoms with E-state index in [1.807, 2.05) is 30.3 Å². The zero-order valence-electron chi connectivity index (χ0n) is 14.0. The summed E-state index contributed by atoms with van der Waals surface area (Å²) >= 11 is 0. The number of hydrazine groups is 1. The van der Waals surface area contributed by atoms with Crippen LogP contribution in [0.25, 0.3) is 10.8 Å². The molecule has 2 atom stereocenters. The van der Waals surface area contributed by atoms with Gasteiger partial charge < -0.3 is 10.1 Å². The van der Waals surface area contributed by atoms with E-state index in [4.69, 9.17) is 4.74 Å². The maximum absolute atomic E-state index is 12.1. The molecule has 24 heavy (non-hydrogen) atoms. The highest BCUT2D eigenvalue weighted by molar-refractivity contribution is 5.88. The highest BCUT2D eigenvalue weighted by atomic mass is 16.5. The molecular formula is C19H25N3O2. The minimum absolute atomic E-state index is 0.0302. The van der Waals surface area contributed by atoms with Crippen molar-refractivity contribution < 1.29 is 9.53 Å². The fourth-order valence-electron chi connectivity index (χ4n) is 3.11. The van der Waals surface area contributed by atoms with E-state index >= 15 is 0 Å². The highest BCUT2D eigenvalue weighted by Crippen LogP contribution is 2.24. The van der Waals surface area contributed by atoms with Crippen molar-refractivity contribution in [3.05, 3.63) is 42.5 Å². The lowest BCUT2D eigenvalue weighted by Gasteiger charge is -2.12. The molecule has 0 radical (unpaired) electrons. The summed E-state index contributed by atoms with van der Waals surface area (Å²) in [6.07, 6.45) is 3.04. The van der Waals surface area contributed by atoms with Crippen LogP contribution in [0.4, 0.5) is 0 Å². The monoisotopic (exact) mass is 327 g/mol. The molecule has 3 N–H and O–H groups in total. The van der Waals surface area contributed by atoms with Gasteiger partial charge in [-0.15, -0.1) is 0 Å². The standard InChI is InChI=1S/C19H25N3O2/c1-2-6-15-13-17(22-21-15)19(23)20-11-12-24-18-10-5-8-14-7-3-4-9-16(14)18/h3-5,7-10,15,17,21-22H,2,6,11-13H2,1H3,(H,20,23). The Morgan fingerprint density at radius 1 is 1.21 bits per heavy atom. The summed E-state index contributed by atoms with van der Waals surface area (Å²) in [4.78, 5) is 12.1. The number of benzene rings is 2. The van der Waals surface area contributed by atoms with Gasteiger partial charge in [0.2, 0.25) is 5.91 Å². The Hall–Kier alpha value is -2.11. The SMILES string of the molecule is CCCC1CC(C(=O)NCCOc2cccc3ccccc23)NN1. The number of nitrogens with one attached hydrogen (secondary N) is 3. The van der Waals surface area contributed by atoms with E-state index < -0.39 is 0 Å². The van der Waals surface area contributed by atoms with Gasteiger partial charge in [-0.25, -0.2) is 5.43 Å². The zero-order chi connectivity index (χ0) is 16.8. The first-order valence-corrected chi connectivity index (χ1v) is 8.67. The van der Waals surface area contributed by atoms with Crippen LogP contribution in [0, 0.1) is 0 Å². The van der Waals surface area contributed by atoms with E-state index in [2.05, 4.69) is 35.2 Å². The van der Waals surface area contributed by atoms with Crippen molar-refractivity contribution in [1.82, 2.24) is 16.2 Å². The van der Waals surface area contributed by atoms with Crippen LogP contribution < -0.4 is 20.9 Å². The van der Waals surface area contributed by atoms with Crippen molar-refractivity contribution in [3.8, 4) is 5.75 Å². The molecule has 0 bridgehead atoms. The van der Waals surface area contributed by atoms with Gasteiger partial charge in [-0.3, -0.25) is 10.2 Å². The van der Waals surface area contributed by atoms with Crippen LogP contribution in [0.1, 0.15) is 26.2 Å². The molecule has 2 aromatic rings. The van der Waals surface area contributed by atoms with Crippen molar-refractivity contribution in [2.45, 2.75) is 38.3 Å². The molecule has 1 saturated heterocycles. The minimum atomic E-state index is -0.154. The molecule has 5 heteroatoms. The first-order chi connectivity index (χ1) is 11.8. The van der Waals surface area contributed by atoms with E-state index in [1.165, 1.54) is 0 Å². The van der Waals surface area contributed by atoms with Gasteiger partial charge in [0.25, 0.3) is 0 Å². The van der Waals surface area contributed by atoms with Gasteiger partial charge in [0, 0.05) is 11.4 Å². The van der Waals surface area contributed by atoms with Gasteiger partial charge in [-0.2, -0.15) is 0 Å². The molecule has 1 heterocycles. The second-order valence-electron chi connectivity index (χ2n) is 6.18. The van der Waals surface area contributed by atoms with Gasteiger partial charge in [0.1, 0.15) is 18.4 Å². The third-order valence-electron chi connectivity index (χ3n) is 4.34. The summed E-state index contributed by atoms with van der Waals surface area (Å²) < 4.78 is 5.84. The first kappa shape index (κ1) is 16.7. The molecule has 0 aliphatic carbocycles. The van der Waals surface area contributed by atoms with Crippen LogP contribution in [0.3, 0.4) is 0 Å². The van der Waals surface area contributed by atoms with Gasteiger partial charge >= 0.3 is 0 Å². The normalized spacial score (nSPS) is 20.2. The Balaban J connectivity index is 1.44. The van der Waals surface area contributed by atoms with Gasteiger partial charge in [0.05, 0.1) is 6.54 Å². The van der Waals surface area contributed by atoms with Crippen LogP contribution in [0.2, 0.25) is 0 Å². The van der Waals surface area contributed by atoms with Crippen molar-refractivity contribution in [1.29, 1.82) is 0 Å². The average molecular weight is 327 g/mol. The lowest BCUT2D eigenvalue weighted by atomic mass is 10.1. The zero-order valence-corrected chi connectivity index (χ0v) is 14.0. The predicted molar refractivity (Wildman–Crippen MR) is 95.8 cm³/mol. The minimum Gasteiger partial charge on any atom is -0.491 e. The molecule has 128 valence electrons. The Morgan fingerprint density at radius 2 is 2.04 bits per heavy atom. The van der Waals surface area contributed by atoms with Crippen LogP contribution in [-0.2, 0) is 4.79 Å². The largest absolute Gasteiger partial charge is 0.491 e. The quantitative estimate of drug-likeness (QED) is 0.683. The fourth-order valence-corrected chi connectivity index (χ4v) is 3.11. The second-order valence-corrected chi connectivity index (χ2v) is 6.18. The van der Waals surface area contributed by atoms with Gasteiger partial charge in [0.15, 0.2) is 0 Å². The third-order valence-corrected chi connectivity index (χ3v) is 4.34. The number of carbonyl (C=O) groups excluding carboxylic acids is 1. The summed E-state index contributed by atoms with van der Waals surface area (Å²) in [7, 11) is 0. The lowest BCUT2D eigenvalue weighted by molar-refractivity contribution is -0.123. The number of ether oxygens (including phenoxy) is 1. The number of hydrogen-bond donors (Lipinski definition) is 3. The molecule has 2 aromatic carbocycles. The van der Waals surface area contributed by atoms with Crippen LogP contribution >= 0.6 is 0 Å². The summed E-state index contributed by atoms with van der Waals surface area (Å²) in [6.45, 7) is 3.11. The molecular weight excluding hydrogens is 302 g/mol. The highest BCUT2D eigenvalue weighted by Gasteiger charge is 2.28. The number of fused-ring (bicyclic) bond motifs is 1. The van der Waals surface area contributed by atoms with Crippen LogP contribution in [-0.4, -0.2) is 31.1 Å². The molecule has 1 amide bonds. The molecule has 1 aliphatic rings. The molecule has 0 saturated carbocycles. The Kier molecular flexibility index (Phi) is 5.67. The molecule has 1 fully saturated rings. The second kappa shape index (κ2) is 8.13. The number of hydrogen-bond acceptors (Lipinski definition) is 4. The topological polar surface area (TPSA) is 62.4 Å². The maximum atomic E-state index is 12.1. The molecule has 3 rings (SSSR count).